The first-order valence-corrected chi connectivity index (χ1v) is 11.0. The van der Waals surface area contributed by atoms with E-state index in [4.69, 9.17) is 23.4 Å². The van der Waals surface area contributed by atoms with E-state index in [2.05, 4.69) is 4.98 Å². The van der Waals surface area contributed by atoms with E-state index in [0.717, 1.165) is 0 Å². The highest BCUT2D eigenvalue weighted by Gasteiger charge is 2.20. The Hall–Kier alpha value is -4.01. The maximum Gasteiger partial charge on any atom is 0.347 e. The minimum absolute atomic E-state index is 0.260. The number of carbonyl (C=O) groups excluding carboxylic acids is 2. The number of benzene rings is 2. The van der Waals surface area contributed by atoms with Gasteiger partial charge in [0.15, 0.2) is 12.2 Å². The number of rotatable bonds is 8. The van der Waals surface area contributed by atoms with Gasteiger partial charge in [-0.3, -0.25) is 4.79 Å². The van der Waals surface area contributed by atoms with Gasteiger partial charge in [0.25, 0.3) is 5.56 Å². The van der Waals surface area contributed by atoms with Crippen LogP contribution in [0.1, 0.15) is 27.7 Å². The molecule has 0 fully saturated rings. The van der Waals surface area contributed by atoms with Crippen LogP contribution < -0.4 is 15.0 Å². The number of ether oxygens (including phenoxy) is 4. The molecular weight excluding hydrogens is 442 g/mol. The Kier molecular flexibility index (Phi) is 6.45. The highest BCUT2D eigenvalue weighted by Crippen LogP contribution is 2.34. The van der Waals surface area contributed by atoms with Crippen LogP contribution in [0.25, 0.3) is 32.8 Å². The van der Waals surface area contributed by atoms with Crippen LogP contribution >= 0.6 is 0 Å². The van der Waals surface area contributed by atoms with Crippen molar-refractivity contribution in [1.82, 2.24) is 4.98 Å². The summed E-state index contributed by atoms with van der Waals surface area (Å²) in [5.41, 5.74) is 1.02. The molecule has 2 unspecified atom stereocenters. The van der Waals surface area contributed by atoms with Crippen molar-refractivity contribution < 1.29 is 33.0 Å². The molecular formula is C25H25NO8. The van der Waals surface area contributed by atoms with E-state index in [9.17, 15) is 14.4 Å². The highest BCUT2D eigenvalue weighted by atomic mass is 16.6. The van der Waals surface area contributed by atoms with Gasteiger partial charge in [-0.1, -0.05) is 0 Å². The summed E-state index contributed by atoms with van der Waals surface area (Å²) in [6, 6.07) is 10.1. The maximum absolute atomic E-state index is 12.9. The van der Waals surface area contributed by atoms with Crippen LogP contribution in [0.4, 0.5) is 0 Å². The predicted molar refractivity (Wildman–Crippen MR) is 125 cm³/mol. The van der Waals surface area contributed by atoms with Crippen molar-refractivity contribution in [3.63, 3.8) is 0 Å². The normalized spacial score (nSPS) is 13.1. The molecule has 0 saturated carbocycles. The van der Waals surface area contributed by atoms with Crippen molar-refractivity contribution in [2.45, 2.75) is 39.9 Å². The minimum atomic E-state index is -0.797. The van der Waals surface area contributed by atoms with Crippen LogP contribution in [0.3, 0.4) is 0 Å². The molecule has 178 valence electrons. The number of esters is 2. The molecule has 1 N–H and O–H groups in total. The second-order valence-corrected chi connectivity index (χ2v) is 7.65. The van der Waals surface area contributed by atoms with Crippen molar-refractivity contribution in [1.29, 1.82) is 0 Å². The van der Waals surface area contributed by atoms with Crippen molar-refractivity contribution >= 4 is 44.8 Å². The number of carbonyl (C=O) groups is 2. The van der Waals surface area contributed by atoms with E-state index in [1.807, 2.05) is 0 Å². The molecule has 0 spiro atoms. The van der Waals surface area contributed by atoms with Gasteiger partial charge in [0.2, 0.25) is 0 Å². The first kappa shape index (κ1) is 23.2. The average Bonchev–Trinajstić information content (AvgIpc) is 3.18. The zero-order valence-electron chi connectivity index (χ0n) is 19.3. The monoisotopic (exact) mass is 467 g/mol. The zero-order chi connectivity index (χ0) is 24.4. The van der Waals surface area contributed by atoms with E-state index in [-0.39, 0.29) is 18.8 Å². The molecule has 4 aromatic rings. The Morgan fingerprint density at radius 1 is 0.882 bits per heavy atom. The number of furan rings is 1. The second kappa shape index (κ2) is 9.46. The van der Waals surface area contributed by atoms with Crippen LogP contribution in [0.2, 0.25) is 0 Å². The topological polar surface area (TPSA) is 117 Å². The molecule has 0 radical (unpaired) electrons. The highest BCUT2D eigenvalue weighted by molar-refractivity contribution is 6.13. The molecule has 0 aliphatic heterocycles. The van der Waals surface area contributed by atoms with Crippen LogP contribution in [-0.4, -0.2) is 42.3 Å². The SMILES string of the molecule is CCOC(=O)C(C)Oc1ccc2c(c1)[nH]c(=O)c1c3ccc(OC(C)C(=O)OCC)cc3oc21. The zero-order valence-corrected chi connectivity index (χ0v) is 19.3. The standard InChI is InChI=1S/C25H25NO8/c1-5-30-24(28)13(3)32-15-7-9-17-19(11-15)26-23(27)21-18-10-8-16(12-20(18)34-22(17)21)33-14(4)25(29)31-6-2/h7-14H,5-6H2,1-4H3,(H,26,27). The maximum atomic E-state index is 12.9. The minimum Gasteiger partial charge on any atom is -0.479 e. The summed E-state index contributed by atoms with van der Waals surface area (Å²) in [5.74, 6) is -0.122. The van der Waals surface area contributed by atoms with Crippen LogP contribution in [-0.2, 0) is 19.1 Å². The summed E-state index contributed by atoms with van der Waals surface area (Å²) in [5, 5.41) is 1.69. The first-order valence-electron chi connectivity index (χ1n) is 11.0. The second-order valence-electron chi connectivity index (χ2n) is 7.65. The lowest BCUT2D eigenvalue weighted by Gasteiger charge is -2.13. The van der Waals surface area contributed by atoms with Gasteiger partial charge in [-0.05, 0) is 52.0 Å². The molecule has 9 nitrogen and oxygen atoms in total. The number of pyridine rings is 1. The van der Waals surface area contributed by atoms with Gasteiger partial charge in [0, 0.05) is 22.9 Å². The molecule has 0 aliphatic carbocycles. The fourth-order valence-electron chi connectivity index (χ4n) is 3.67. The Morgan fingerprint density at radius 3 is 2.03 bits per heavy atom. The van der Waals surface area contributed by atoms with Gasteiger partial charge in [-0.15, -0.1) is 0 Å². The molecule has 9 heteroatoms. The van der Waals surface area contributed by atoms with Gasteiger partial charge in [-0.2, -0.15) is 0 Å². The molecule has 0 aliphatic rings. The van der Waals surface area contributed by atoms with Crippen molar-refractivity contribution in [2.24, 2.45) is 0 Å². The van der Waals surface area contributed by atoms with Gasteiger partial charge >= 0.3 is 11.9 Å². The largest absolute Gasteiger partial charge is 0.479 e. The van der Waals surface area contributed by atoms with Gasteiger partial charge in [0.1, 0.15) is 22.7 Å². The van der Waals surface area contributed by atoms with E-state index in [0.29, 0.717) is 44.3 Å². The van der Waals surface area contributed by atoms with Gasteiger partial charge in [-0.25, -0.2) is 9.59 Å². The lowest BCUT2D eigenvalue weighted by molar-refractivity contribution is -0.151. The van der Waals surface area contributed by atoms with Crippen LogP contribution in [0.5, 0.6) is 11.5 Å². The van der Waals surface area contributed by atoms with Gasteiger partial charge in [0.05, 0.1) is 24.1 Å². The van der Waals surface area contributed by atoms with E-state index in [1.54, 1.807) is 64.1 Å². The molecule has 4 rings (SSSR count). The first-order chi connectivity index (χ1) is 16.3. The fourth-order valence-corrected chi connectivity index (χ4v) is 3.67. The molecule has 2 heterocycles. The third kappa shape index (κ3) is 4.41. The number of fused-ring (bicyclic) bond motifs is 5. The molecule has 2 aromatic heterocycles. The quantitative estimate of drug-likeness (QED) is 0.385. The summed E-state index contributed by atoms with van der Waals surface area (Å²) < 4.78 is 27.3. The fraction of sp³-hybridized carbons (Fsp3) is 0.320. The summed E-state index contributed by atoms with van der Waals surface area (Å²) >= 11 is 0. The summed E-state index contributed by atoms with van der Waals surface area (Å²) in [6.45, 7) is 7.16. The third-order valence-electron chi connectivity index (χ3n) is 5.24. The Labute approximate surface area is 194 Å². The Morgan fingerprint density at radius 2 is 1.44 bits per heavy atom. The van der Waals surface area contributed by atoms with E-state index >= 15 is 0 Å². The molecule has 2 atom stereocenters. The smallest absolute Gasteiger partial charge is 0.347 e. The lowest BCUT2D eigenvalue weighted by atomic mass is 10.1. The van der Waals surface area contributed by atoms with Crippen molar-refractivity contribution in [3.05, 3.63) is 46.8 Å². The van der Waals surface area contributed by atoms with Crippen LogP contribution in [0.15, 0.2) is 45.6 Å². The molecule has 0 saturated heterocycles. The lowest BCUT2D eigenvalue weighted by Crippen LogP contribution is -2.26. The predicted octanol–water partition coefficient (Wildman–Crippen LogP) is 4.09. The van der Waals surface area contributed by atoms with Gasteiger partial charge < -0.3 is 28.3 Å². The number of aromatic nitrogens is 1. The molecule has 0 amide bonds. The van der Waals surface area contributed by atoms with E-state index in [1.165, 1.54) is 0 Å². The number of hydrogen-bond donors (Lipinski definition) is 1. The van der Waals surface area contributed by atoms with E-state index < -0.39 is 24.1 Å². The Balaban J connectivity index is 1.70. The summed E-state index contributed by atoms with van der Waals surface area (Å²) in [6.07, 6.45) is -1.59. The van der Waals surface area contributed by atoms with Crippen LogP contribution in [0, 0.1) is 0 Å². The summed E-state index contributed by atoms with van der Waals surface area (Å²) in [4.78, 5) is 39.4. The number of hydrogen-bond acceptors (Lipinski definition) is 8. The number of H-pyrrole nitrogens is 1. The third-order valence-corrected chi connectivity index (χ3v) is 5.24. The Bertz CT molecular complexity index is 1430. The molecule has 34 heavy (non-hydrogen) atoms. The summed E-state index contributed by atoms with van der Waals surface area (Å²) in [7, 11) is 0. The molecule has 0 bridgehead atoms. The molecule has 2 aromatic carbocycles. The average molecular weight is 467 g/mol. The van der Waals surface area contributed by atoms with Crippen molar-refractivity contribution in [2.75, 3.05) is 13.2 Å². The number of nitrogens with one attached hydrogen (secondary N) is 1. The number of aromatic amines is 1. The van der Waals surface area contributed by atoms with Crippen molar-refractivity contribution in [3.8, 4) is 11.5 Å².